The Kier molecular flexibility index (Phi) is 5.93. The third-order valence-electron chi connectivity index (χ3n) is 5.55. The van der Waals surface area contributed by atoms with E-state index in [2.05, 4.69) is 30.9 Å². The highest BCUT2D eigenvalue weighted by Gasteiger charge is 2.36. The third kappa shape index (κ3) is 4.65. The van der Waals surface area contributed by atoms with Crippen LogP contribution >= 0.6 is 11.8 Å². The van der Waals surface area contributed by atoms with E-state index in [0.29, 0.717) is 32.8 Å². The van der Waals surface area contributed by atoms with Gasteiger partial charge in [-0.1, -0.05) is 45.0 Å². The predicted molar refractivity (Wildman–Crippen MR) is 139 cm³/mol. The molecule has 0 fully saturated rings. The maximum atomic E-state index is 12.7. The van der Waals surface area contributed by atoms with Crippen LogP contribution in [0.3, 0.4) is 0 Å². The topological polar surface area (TPSA) is 108 Å². The zero-order valence-corrected chi connectivity index (χ0v) is 20.6. The number of carbonyl (C=O) groups is 2. The summed E-state index contributed by atoms with van der Waals surface area (Å²) in [6, 6.07) is 17.6. The third-order valence-corrected chi connectivity index (χ3v) is 6.48. The number of hydrazone groups is 1. The first-order valence-corrected chi connectivity index (χ1v) is 12.0. The Balaban J connectivity index is 1.35. The van der Waals surface area contributed by atoms with Crippen LogP contribution in [0.4, 0.5) is 0 Å². The van der Waals surface area contributed by atoms with Crippen molar-refractivity contribution in [2.24, 2.45) is 10.1 Å². The predicted octanol–water partition coefficient (Wildman–Crippen LogP) is 5.46. The second-order valence-corrected chi connectivity index (χ2v) is 10.1. The lowest BCUT2D eigenvalue weighted by atomic mass is 9.87. The lowest BCUT2D eigenvalue weighted by Crippen LogP contribution is -2.35. The van der Waals surface area contributed by atoms with Gasteiger partial charge in [-0.15, -0.1) is 0 Å². The van der Waals surface area contributed by atoms with Crippen LogP contribution in [0.2, 0.25) is 0 Å². The molecule has 0 saturated heterocycles. The molecule has 1 N–H and O–H groups in total. The molecule has 180 valence electrons. The van der Waals surface area contributed by atoms with Crippen LogP contribution < -0.4 is 4.74 Å². The molecule has 2 aliphatic rings. The van der Waals surface area contributed by atoms with Crippen LogP contribution in [-0.4, -0.2) is 32.9 Å². The molecule has 0 bridgehead atoms. The van der Waals surface area contributed by atoms with Gasteiger partial charge in [0.05, 0.1) is 17.4 Å². The van der Waals surface area contributed by atoms with Gasteiger partial charge in [-0.25, -0.2) is 4.79 Å². The van der Waals surface area contributed by atoms with E-state index < -0.39 is 11.9 Å². The van der Waals surface area contributed by atoms with Crippen molar-refractivity contribution < 1.29 is 18.7 Å². The average Bonchev–Trinajstić information content (AvgIpc) is 3.52. The van der Waals surface area contributed by atoms with Crippen LogP contribution in [0, 0.1) is 5.41 Å². The van der Waals surface area contributed by atoms with Gasteiger partial charge >= 0.3 is 5.97 Å². The number of fused-ring (bicyclic) bond motifs is 1. The number of esters is 1. The Labute approximate surface area is 211 Å². The van der Waals surface area contributed by atoms with E-state index in [9.17, 15) is 9.59 Å². The van der Waals surface area contributed by atoms with Crippen LogP contribution in [-0.2, 0) is 10.2 Å². The van der Waals surface area contributed by atoms with E-state index in [-0.39, 0.29) is 16.8 Å². The largest absolute Gasteiger partial charge is 0.462 e. The number of hydrogen-bond donors (Lipinski definition) is 1. The number of furan rings is 1. The maximum Gasteiger partial charge on any atom is 0.343 e. The summed E-state index contributed by atoms with van der Waals surface area (Å²) in [6.07, 6.45) is 3.06. The number of amidine groups is 2. The first kappa shape index (κ1) is 23.5. The van der Waals surface area contributed by atoms with Crippen molar-refractivity contribution >= 4 is 45.8 Å². The molecule has 5 rings (SSSR count). The van der Waals surface area contributed by atoms with Gasteiger partial charge in [0.1, 0.15) is 5.75 Å². The lowest BCUT2D eigenvalue weighted by Gasteiger charge is -2.20. The Morgan fingerprint density at radius 3 is 2.58 bits per heavy atom. The zero-order valence-electron chi connectivity index (χ0n) is 19.8. The van der Waals surface area contributed by atoms with Crippen LogP contribution in [0.1, 0.15) is 48.0 Å². The minimum absolute atomic E-state index is 0.0151. The van der Waals surface area contributed by atoms with E-state index in [4.69, 9.17) is 14.6 Å². The number of ether oxygens (including phenoxy) is 1. The smallest absolute Gasteiger partial charge is 0.343 e. The number of nitrogens with one attached hydrogen (secondary N) is 1. The second kappa shape index (κ2) is 9.09. The molecule has 1 aromatic heterocycles. The van der Waals surface area contributed by atoms with E-state index >= 15 is 0 Å². The summed E-state index contributed by atoms with van der Waals surface area (Å²) in [5.74, 6) is -0.269. The fourth-order valence-corrected chi connectivity index (χ4v) is 4.46. The molecule has 2 aliphatic heterocycles. The molecule has 0 saturated carbocycles. The highest BCUT2D eigenvalue weighted by molar-refractivity contribution is 8.27. The number of aliphatic imine (C=N–C) groups is 1. The fourth-order valence-electron chi connectivity index (χ4n) is 3.60. The number of amides is 1. The first-order valence-electron chi connectivity index (χ1n) is 11.2. The zero-order chi connectivity index (χ0) is 25.4. The van der Waals surface area contributed by atoms with Crippen LogP contribution in [0.15, 0.2) is 87.0 Å². The molecule has 8 nitrogen and oxygen atoms in total. The van der Waals surface area contributed by atoms with Crippen LogP contribution in [0.25, 0.3) is 6.08 Å². The Morgan fingerprint density at radius 1 is 1.11 bits per heavy atom. The number of carbonyl (C=O) groups excluding carboxylic acids is 2. The maximum absolute atomic E-state index is 12.7. The average molecular weight is 499 g/mol. The van der Waals surface area contributed by atoms with Crippen molar-refractivity contribution in [3.05, 3.63) is 95.0 Å². The Morgan fingerprint density at radius 2 is 1.89 bits per heavy atom. The molecule has 0 unspecified atom stereocenters. The minimum atomic E-state index is -0.545. The fraction of sp³-hybridized carbons (Fsp3) is 0.148. The first-order chi connectivity index (χ1) is 17.2. The van der Waals surface area contributed by atoms with E-state index in [1.165, 1.54) is 17.3 Å². The highest BCUT2D eigenvalue weighted by Crippen LogP contribution is 2.31. The molecule has 3 heterocycles. The van der Waals surface area contributed by atoms with Gasteiger partial charge in [0.2, 0.25) is 5.17 Å². The van der Waals surface area contributed by atoms with Gasteiger partial charge < -0.3 is 9.15 Å². The van der Waals surface area contributed by atoms with Gasteiger partial charge in [0.25, 0.3) is 5.91 Å². The Hall–Kier alpha value is -4.24. The molecule has 0 radical (unpaired) electrons. The van der Waals surface area contributed by atoms with Gasteiger partial charge in [0, 0.05) is 0 Å². The molecular weight excluding hydrogens is 476 g/mol. The lowest BCUT2D eigenvalue weighted by molar-refractivity contribution is -0.114. The molecule has 0 atom stereocenters. The Bertz CT molecular complexity index is 1460. The van der Waals surface area contributed by atoms with Crippen molar-refractivity contribution in [2.75, 3.05) is 0 Å². The molecule has 1 amide bonds. The molecule has 0 spiro atoms. The van der Waals surface area contributed by atoms with Gasteiger partial charge in [-0.05, 0) is 70.8 Å². The number of thioether (sulfide) groups is 1. The minimum Gasteiger partial charge on any atom is -0.462 e. The summed E-state index contributed by atoms with van der Waals surface area (Å²) < 4.78 is 10.9. The molecule has 3 aromatic rings. The van der Waals surface area contributed by atoms with Crippen molar-refractivity contribution in [3.8, 4) is 5.75 Å². The molecule has 36 heavy (non-hydrogen) atoms. The summed E-state index contributed by atoms with van der Waals surface area (Å²) in [6.45, 7) is 6.32. The second-order valence-electron chi connectivity index (χ2n) is 9.19. The summed E-state index contributed by atoms with van der Waals surface area (Å²) in [5, 5.41) is 15.0. The monoisotopic (exact) mass is 498 g/mol. The van der Waals surface area contributed by atoms with E-state index in [0.717, 1.165) is 17.3 Å². The van der Waals surface area contributed by atoms with Crippen molar-refractivity contribution in [1.29, 1.82) is 5.41 Å². The molecule has 2 aromatic carbocycles. The molecular formula is C27H22N4O4S. The van der Waals surface area contributed by atoms with Gasteiger partial charge in [-0.3, -0.25) is 10.2 Å². The summed E-state index contributed by atoms with van der Waals surface area (Å²) >= 11 is 1.16. The molecule has 0 aliphatic carbocycles. The normalized spacial score (nSPS) is 16.6. The summed E-state index contributed by atoms with van der Waals surface area (Å²) in [7, 11) is 0. The summed E-state index contributed by atoms with van der Waals surface area (Å²) in [4.78, 5) is 29.4. The van der Waals surface area contributed by atoms with Gasteiger partial charge in [-0.2, -0.15) is 15.1 Å². The quantitative estimate of drug-likeness (QED) is 0.291. The van der Waals surface area contributed by atoms with E-state index in [1.807, 2.05) is 12.1 Å². The standard InChI is InChI=1S/C27H22N4O4S/c1-27(2,3)18-11-9-17(10-12-18)25(33)35-19-7-4-6-16(14-19)15-20-22(28)31-26(29-23(20)32)36-24(30-31)21-8-5-13-34-21/h4-15,28H,1-3H3/b20-15+,28-22?. The SMILES string of the molecule is CC(C)(C)c1ccc(C(=O)Oc2cccc(/C=C3\C(=N)N4N=C(c5ccco5)SC4=NC3=O)c2)cc1. The number of nitrogens with zero attached hydrogens (tertiary/aromatic N) is 3. The van der Waals surface area contributed by atoms with E-state index in [1.54, 1.807) is 48.5 Å². The van der Waals surface area contributed by atoms with Crippen molar-refractivity contribution in [2.45, 2.75) is 26.2 Å². The highest BCUT2D eigenvalue weighted by atomic mass is 32.2. The van der Waals surface area contributed by atoms with Gasteiger partial charge in [0.15, 0.2) is 16.6 Å². The van der Waals surface area contributed by atoms with Crippen molar-refractivity contribution in [3.63, 3.8) is 0 Å². The molecule has 9 heteroatoms. The van der Waals surface area contributed by atoms with Crippen LogP contribution in [0.5, 0.6) is 5.75 Å². The summed E-state index contributed by atoms with van der Waals surface area (Å²) in [5.41, 5.74) is 2.20. The number of benzene rings is 2. The van der Waals surface area contributed by atoms with Crippen molar-refractivity contribution in [1.82, 2.24) is 5.01 Å². The number of hydrogen-bond acceptors (Lipinski definition) is 7. The number of rotatable bonds is 4.